The first-order valence-corrected chi connectivity index (χ1v) is 13.3. The van der Waals surface area contributed by atoms with Crippen molar-refractivity contribution in [2.24, 2.45) is 11.8 Å². The molecule has 7 rings (SSSR count). The van der Waals surface area contributed by atoms with Crippen molar-refractivity contribution in [2.45, 2.75) is 101 Å². The van der Waals surface area contributed by atoms with Crippen molar-refractivity contribution in [3.63, 3.8) is 0 Å². The third-order valence-electron chi connectivity index (χ3n) is 9.30. The van der Waals surface area contributed by atoms with Gasteiger partial charge in [-0.2, -0.15) is 0 Å². The van der Waals surface area contributed by atoms with Crippen LogP contribution in [0.25, 0.3) is 22.7 Å². The van der Waals surface area contributed by atoms with Crippen LogP contribution in [0.1, 0.15) is 83.1 Å². The van der Waals surface area contributed by atoms with E-state index in [1.807, 2.05) is 0 Å². The molecule has 174 valence electrons. The zero-order chi connectivity index (χ0) is 21.8. The summed E-state index contributed by atoms with van der Waals surface area (Å²) >= 11 is 0. The lowest BCUT2D eigenvalue weighted by Crippen LogP contribution is -2.58. The second kappa shape index (κ2) is 8.19. The molecule has 33 heavy (non-hydrogen) atoms. The Morgan fingerprint density at radius 1 is 0.758 bits per heavy atom. The number of aromatic nitrogens is 6. The fourth-order valence-corrected chi connectivity index (χ4v) is 8.14. The topological polar surface area (TPSA) is 75.5 Å². The maximum atomic E-state index is 4.96. The van der Waals surface area contributed by atoms with Crippen LogP contribution in [0.2, 0.25) is 0 Å². The standard InChI is InChI=1S/C26H35N7/c1-2-7-18-12-17(6-1)13-21(14-18)32-19-8-5-9-20(32)16-22(15-19)33-24-11-4-3-10-23(24)27-26(33)25-28-30-31-29-25/h3-4,10-11,17-22H,1-2,5-9,12-16H2,(H,28,29,30,31)/t17-,18+,19-,20+,21-,22+. The van der Waals surface area contributed by atoms with Crippen molar-refractivity contribution in [2.75, 3.05) is 0 Å². The first-order chi connectivity index (χ1) is 16.3. The van der Waals surface area contributed by atoms with E-state index in [0.717, 1.165) is 29.2 Å². The fourth-order valence-electron chi connectivity index (χ4n) is 8.14. The summed E-state index contributed by atoms with van der Waals surface area (Å²) < 4.78 is 2.46. The Bertz CT molecular complexity index is 1080. The molecule has 2 saturated carbocycles. The van der Waals surface area contributed by atoms with Gasteiger partial charge >= 0.3 is 0 Å². The fraction of sp³-hybridized carbons (Fsp3) is 0.692. The van der Waals surface area contributed by atoms with Gasteiger partial charge in [0, 0.05) is 24.2 Å². The molecule has 7 nitrogen and oxygen atoms in total. The number of tetrazole rings is 1. The molecule has 1 N–H and O–H groups in total. The molecule has 2 aliphatic carbocycles. The zero-order valence-corrected chi connectivity index (χ0v) is 19.4. The Labute approximate surface area is 195 Å². The molecule has 1 aromatic carbocycles. The molecule has 2 aliphatic heterocycles. The minimum absolute atomic E-state index is 0.454. The van der Waals surface area contributed by atoms with Gasteiger partial charge in [-0.1, -0.05) is 44.2 Å². The summed E-state index contributed by atoms with van der Waals surface area (Å²) in [6, 6.07) is 11.2. The van der Waals surface area contributed by atoms with Gasteiger partial charge < -0.3 is 4.57 Å². The third kappa shape index (κ3) is 3.50. The van der Waals surface area contributed by atoms with E-state index in [-0.39, 0.29) is 0 Å². The van der Waals surface area contributed by atoms with E-state index in [1.165, 1.54) is 82.6 Å². The molecule has 4 aliphatic rings. The highest BCUT2D eigenvalue weighted by atomic mass is 15.5. The molecular weight excluding hydrogens is 410 g/mol. The second-order valence-corrected chi connectivity index (χ2v) is 11.2. The van der Waals surface area contributed by atoms with Crippen LogP contribution in [0.3, 0.4) is 0 Å². The number of aromatic amines is 1. The first-order valence-electron chi connectivity index (χ1n) is 13.3. The normalized spacial score (nSPS) is 34.9. The van der Waals surface area contributed by atoms with Crippen LogP contribution < -0.4 is 0 Å². The van der Waals surface area contributed by atoms with Crippen LogP contribution in [-0.2, 0) is 0 Å². The maximum Gasteiger partial charge on any atom is 0.215 e. The van der Waals surface area contributed by atoms with Gasteiger partial charge in [0.1, 0.15) is 0 Å². The predicted octanol–water partition coefficient (Wildman–Crippen LogP) is 5.13. The molecule has 0 spiro atoms. The van der Waals surface area contributed by atoms with Crippen molar-refractivity contribution in [1.82, 2.24) is 35.1 Å². The highest BCUT2D eigenvalue weighted by Crippen LogP contribution is 2.47. The summed E-state index contributed by atoms with van der Waals surface area (Å²) in [7, 11) is 0. The number of imidazole rings is 1. The van der Waals surface area contributed by atoms with E-state index >= 15 is 0 Å². The number of H-pyrrole nitrogens is 1. The van der Waals surface area contributed by atoms with Crippen molar-refractivity contribution < 1.29 is 0 Å². The average molecular weight is 446 g/mol. The van der Waals surface area contributed by atoms with Crippen LogP contribution in [0.5, 0.6) is 0 Å². The van der Waals surface area contributed by atoms with Gasteiger partial charge in [0.2, 0.25) is 5.82 Å². The van der Waals surface area contributed by atoms with Crippen molar-refractivity contribution in [3.05, 3.63) is 24.3 Å². The number of hydrogen-bond acceptors (Lipinski definition) is 5. The van der Waals surface area contributed by atoms with E-state index in [2.05, 4.69) is 54.4 Å². The summed E-state index contributed by atoms with van der Waals surface area (Å²) in [5, 5.41) is 14.9. The molecule has 0 radical (unpaired) electrons. The van der Waals surface area contributed by atoms with Gasteiger partial charge in [0.05, 0.1) is 11.0 Å². The summed E-state index contributed by atoms with van der Waals surface area (Å²) in [6.07, 6.45) is 16.9. The number of rotatable bonds is 3. The molecule has 0 unspecified atom stereocenters. The lowest BCUT2D eigenvalue weighted by Gasteiger charge is -2.54. The molecule has 4 heterocycles. The average Bonchev–Trinajstić information content (AvgIpc) is 3.45. The zero-order valence-electron chi connectivity index (χ0n) is 19.4. The molecule has 2 saturated heterocycles. The van der Waals surface area contributed by atoms with Crippen molar-refractivity contribution >= 4 is 11.0 Å². The second-order valence-electron chi connectivity index (χ2n) is 11.2. The van der Waals surface area contributed by atoms with E-state index in [0.29, 0.717) is 23.9 Å². The molecule has 2 aromatic heterocycles. The molecule has 0 amide bonds. The minimum Gasteiger partial charge on any atom is -0.318 e. The third-order valence-corrected chi connectivity index (χ3v) is 9.30. The highest BCUT2D eigenvalue weighted by Gasteiger charge is 2.45. The number of nitrogens with one attached hydrogen (secondary N) is 1. The quantitative estimate of drug-likeness (QED) is 0.605. The molecular formula is C26H35N7. The largest absolute Gasteiger partial charge is 0.318 e. The predicted molar refractivity (Wildman–Crippen MR) is 128 cm³/mol. The highest BCUT2D eigenvalue weighted by molar-refractivity contribution is 5.79. The Morgan fingerprint density at radius 3 is 2.24 bits per heavy atom. The Morgan fingerprint density at radius 2 is 1.52 bits per heavy atom. The lowest BCUT2D eigenvalue weighted by atomic mass is 9.73. The molecule has 3 aromatic rings. The lowest BCUT2D eigenvalue weighted by molar-refractivity contribution is -0.0415. The van der Waals surface area contributed by atoms with Gasteiger partial charge in [-0.15, -0.1) is 5.10 Å². The number of benzene rings is 1. The SMILES string of the molecule is c1ccc2c(c1)nc(-c1nnn[nH]1)n2[C@H]1C[C@H]2CCC[C@@H](C1)N2[C@@H]1C[C@@H]2CCCC[C@@H](C2)C1. The number of piperidine rings is 2. The van der Waals surface area contributed by atoms with Crippen LogP contribution >= 0.6 is 0 Å². The molecule has 7 heteroatoms. The molecule has 6 atom stereocenters. The van der Waals surface area contributed by atoms with Gasteiger partial charge in [-0.05, 0) is 79.3 Å². The van der Waals surface area contributed by atoms with Crippen LogP contribution in [0, 0.1) is 11.8 Å². The van der Waals surface area contributed by atoms with E-state index in [1.54, 1.807) is 0 Å². The summed E-state index contributed by atoms with van der Waals surface area (Å²) in [5.41, 5.74) is 2.25. The van der Waals surface area contributed by atoms with Gasteiger partial charge in [0.15, 0.2) is 5.82 Å². The van der Waals surface area contributed by atoms with E-state index < -0.39 is 0 Å². The monoisotopic (exact) mass is 445 g/mol. The number of nitrogens with zero attached hydrogens (tertiary/aromatic N) is 6. The number of hydrogen-bond donors (Lipinski definition) is 1. The van der Waals surface area contributed by atoms with Crippen LogP contribution in [0.15, 0.2) is 24.3 Å². The van der Waals surface area contributed by atoms with Gasteiger partial charge in [-0.25, -0.2) is 10.1 Å². The van der Waals surface area contributed by atoms with Crippen molar-refractivity contribution in [1.29, 1.82) is 0 Å². The number of para-hydroxylation sites is 2. The summed E-state index contributed by atoms with van der Waals surface area (Å²) in [4.78, 5) is 8.00. The van der Waals surface area contributed by atoms with E-state index in [9.17, 15) is 0 Å². The Hall–Kier alpha value is -2.28. The van der Waals surface area contributed by atoms with Crippen molar-refractivity contribution in [3.8, 4) is 11.6 Å². The minimum atomic E-state index is 0.454. The smallest absolute Gasteiger partial charge is 0.215 e. The van der Waals surface area contributed by atoms with Gasteiger partial charge in [0.25, 0.3) is 0 Å². The Balaban J connectivity index is 1.22. The van der Waals surface area contributed by atoms with Crippen LogP contribution in [-0.4, -0.2) is 53.2 Å². The molecule has 4 fully saturated rings. The van der Waals surface area contributed by atoms with Crippen LogP contribution in [0.4, 0.5) is 0 Å². The van der Waals surface area contributed by atoms with E-state index in [4.69, 9.17) is 4.98 Å². The molecule has 4 bridgehead atoms. The Kier molecular flexibility index (Phi) is 4.99. The number of fused-ring (bicyclic) bond motifs is 5. The summed E-state index contributed by atoms with van der Waals surface area (Å²) in [5.74, 6) is 3.53. The first kappa shape index (κ1) is 20.1. The maximum absolute atomic E-state index is 4.96. The van der Waals surface area contributed by atoms with Gasteiger partial charge in [-0.3, -0.25) is 4.90 Å². The summed E-state index contributed by atoms with van der Waals surface area (Å²) in [6.45, 7) is 0.